The molecular formula is C35H46N4O3. The van der Waals surface area contributed by atoms with Crippen molar-refractivity contribution in [3.05, 3.63) is 23.3 Å². The molecule has 0 unspecified atom stereocenters. The number of carbonyl (C=O) groups excluding carboxylic acids is 2. The van der Waals surface area contributed by atoms with Crippen molar-refractivity contribution in [2.45, 2.75) is 105 Å². The molecule has 6 aliphatic carbocycles. The molecule has 224 valence electrons. The number of ketones is 2. The molecule has 0 aromatic rings. The number of nitriles is 2. The zero-order valence-corrected chi connectivity index (χ0v) is 26.2. The lowest BCUT2D eigenvalue weighted by Crippen LogP contribution is -2.66. The Balaban J connectivity index is 1.40. The molecule has 0 heterocycles. The van der Waals surface area contributed by atoms with E-state index in [-0.39, 0.29) is 51.3 Å². The van der Waals surface area contributed by atoms with E-state index in [1.807, 2.05) is 32.2 Å². The number of aliphatic imine (C=N–C) groups is 1. The predicted octanol–water partition coefficient (Wildman–Crippen LogP) is 6.22. The number of hydrogen-bond donors (Lipinski definition) is 1. The molecule has 0 aliphatic heterocycles. The number of rotatable bonds is 4. The zero-order chi connectivity index (χ0) is 30.3. The monoisotopic (exact) mass is 570 g/mol. The van der Waals surface area contributed by atoms with Crippen LogP contribution in [0.15, 0.2) is 28.3 Å². The normalized spacial score (nSPS) is 43.0. The number of nitrogens with zero attached hydrogens (tertiary/aromatic N) is 3. The summed E-state index contributed by atoms with van der Waals surface area (Å²) in [5, 5.41) is 21.4. The largest absolute Gasteiger partial charge is 0.373 e. The Morgan fingerprint density at radius 3 is 2.40 bits per heavy atom. The number of ether oxygens (including phenoxy) is 1. The van der Waals surface area contributed by atoms with Crippen molar-refractivity contribution in [1.82, 2.24) is 5.32 Å². The fraction of sp³-hybridized carbons (Fsp3) is 0.743. The Bertz CT molecular complexity index is 1410. The standard InChI is InChI=1S/C35H46N4O3/c1-22(39-21-37)38-15-16-42-35-13-9-33(6)28(24(35)19-34(10-11-34)12-14-35)25(40)17-27-31(4)18-23(20-36)29(41)30(2,3)26(31)7-8-32(27,33)5/h17-18,24,26,28H,7-16,19H2,1-6H3,(H,38,39)/t24-,26-,28-,31-,32+,33+,35+/m0/s1. The SMILES string of the molecule is CC(=NCCO[C@]12CCC3(CC3)C[C@H]1[C@H]1C(=O)C=C3[C@@]4(C)C=C(C#N)C(=O)C(C)(C)[C@@H]4CC[C@@]3(C)[C@]1(C)CC2)NC#N. The van der Waals surface area contributed by atoms with E-state index < -0.39 is 10.8 Å². The van der Waals surface area contributed by atoms with E-state index in [2.05, 4.69) is 37.1 Å². The minimum Gasteiger partial charge on any atom is -0.373 e. The molecule has 42 heavy (non-hydrogen) atoms. The number of allylic oxidation sites excluding steroid dienone is 4. The van der Waals surface area contributed by atoms with Gasteiger partial charge in [0.05, 0.1) is 24.3 Å². The highest BCUT2D eigenvalue weighted by atomic mass is 16.5. The first-order valence-electron chi connectivity index (χ1n) is 16.0. The Kier molecular flexibility index (Phi) is 6.53. The number of carbonyl (C=O) groups is 2. The van der Waals surface area contributed by atoms with Gasteiger partial charge in [0.15, 0.2) is 17.8 Å². The van der Waals surface area contributed by atoms with Crippen molar-refractivity contribution >= 4 is 17.4 Å². The van der Waals surface area contributed by atoms with Gasteiger partial charge in [-0.2, -0.15) is 10.5 Å². The highest BCUT2D eigenvalue weighted by molar-refractivity contribution is 6.04. The topological polar surface area (TPSA) is 115 Å². The molecule has 0 radical (unpaired) electrons. The van der Waals surface area contributed by atoms with E-state index in [0.29, 0.717) is 24.4 Å². The lowest BCUT2D eigenvalue weighted by Gasteiger charge is -2.68. The summed E-state index contributed by atoms with van der Waals surface area (Å²) < 4.78 is 6.84. The predicted molar refractivity (Wildman–Crippen MR) is 160 cm³/mol. The quantitative estimate of drug-likeness (QED) is 0.141. The molecular weight excluding hydrogens is 524 g/mol. The van der Waals surface area contributed by atoms with E-state index in [4.69, 9.17) is 10.00 Å². The summed E-state index contributed by atoms with van der Waals surface area (Å²) in [6.07, 6.45) is 15.2. The fourth-order valence-electron chi connectivity index (χ4n) is 10.8. The van der Waals surface area contributed by atoms with Crippen molar-refractivity contribution < 1.29 is 14.3 Å². The van der Waals surface area contributed by atoms with Crippen molar-refractivity contribution in [3.8, 4) is 12.3 Å². The van der Waals surface area contributed by atoms with Crippen LogP contribution in [0, 0.1) is 67.6 Å². The maximum atomic E-state index is 14.6. The van der Waals surface area contributed by atoms with Gasteiger partial charge in [0.25, 0.3) is 0 Å². The van der Waals surface area contributed by atoms with Crippen LogP contribution in [0.1, 0.15) is 99.3 Å². The molecule has 7 atom stereocenters. The van der Waals surface area contributed by atoms with Crippen LogP contribution >= 0.6 is 0 Å². The van der Waals surface area contributed by atoms with E-state index in [0.717, 1.165) is 44.1 Å². The molecule has 6 rings (SSSR count). The Morgan fingerprint density at radius 2 is 1.74 bits per heavy atom. The van der Waals surface area contributed by atoms with Crippen molar-refractivity contribution in [2.75, 3.05) is 13.2 Å². The third kappa shape index (κ3) is 3.88. The Morgan fingerprint density at radius 1 is 1.05 bits per heavy atom. The number of Topliss-reactive ketones (excluding diaryl/α,β-unsaturated/α-hetero) is 1. The third-order valence-electron chi connectivity index (χ3n) is 13.5. The smallest absolute Gasteiger partial charge is 0.182 e. The van der Waals surface area contributed by atoms with Crippen LogP contribution in [0.5, 0.6) is 0 Å². The van der Waals surface area contributed by atoms with Crippen LogP contribution in [-0.2, 0) is 14.3 Å². The van der Waals surface area contributed by atoms with Gasteiger partial charge in [-0.05, 0) is 98.9 Å². The molecule has 1 N–H and O–H groups in total. The highest BCUT2D eigenvalue weighted by Crippen LogP contribution is 2.75. The fourth-order valence-corrected chi connectivity index (χ4v) is 10.8. The Labute approximate surface area is 250 Å². The van der Waals surface area contributed by atoms with Gasteiger partial charge in [0.1, 0.15) is 11.9 Å². The van der Waals surface area contributed by atoms with Gasteiger partial charge in [0, 0.05) is 16.7 Å². The van der Waals surface area contributed by atoms with Crippen LogP contribution in [0.4, 0.5) is 0 Å². The maximum Gasteiger partial charge on any atom is 0.182 e. The molecule has 0 aromatic carbocycles. The van der Waals surface area contributed by atoms with E-state index in [1.165, 1.54) is 19.3 Å². The van der Waals surface area contributed by atoms with E-state index in [9.17, 15) is 14.9 Å². The summed E-state index contributed by atoms with van der Waals surface area (Å²) in [6.45, 7) is 13.7. The first-order valence-corrected chi connectivity index (χ1v) is 16.0. The average molecular weight is 571 g/mol. The minimum atomic E-state index is -0.654. The van der Waals surface area contributed by atoms with Gasteiger partial charge in [0.2, 0.25) is 0 Å². The number of hydrogen-bond acceptors (Lipinski definition) is 6. The minimum absolute atomic E-state index is 0.0526. The first-order chi connectivity index (χ1) is 19.7. The molecule has 6 aliphatic rings. The molecule has 7 nitrogen and oxygen atoms in total. The second-order valence-electron chi connectivity index (χ2n) is 15.7. The van der Waals surface area contributed by atoms with Gasteiger partial charge in [-0.3, -0.25) is 19.9 Å². The van der Waals surface area contributed by atoms with Crippen LogP contribution in [-0.4, -0.2) is 36.2 Å². The summed E-state index contributed by atoms with van der Waals surface area (Å²) in [6, 6.07) is 2.20. The van der Waals surface area contributed by atoms with Gasteiger partial charge < -0.3 is 4.74 Å². The zero-order valence-electron chi connectivity index (χ0n) is 26.2. The number of amidine groups is 1. The van der Waals surface area contributed by atoms with E-state index in [1.54, 1.807) is 6.92 Å². The molecule has 1 spiro atoms. The summed E-state index contributed by atoms with van der Waals surface area (Å²) in [5.41, 5.74) is -0.182. The third-order valence-corrected chi connectivity index (χ3v) is 13.5. The number of fused-ring (bicyclic) bond motifs is 7. The van der Waals surface area contributed by atoms with Crippen LogP contribution in [0.25, 0.3) is 0 Å². The molecule has 0 aromatic heterocycles. The molecule has 0 amide bonds. The first kappa shape index (κ1) is 29.3. The molecule has 4 saturated carbocycles. The van der Waals surface area contributed by atoms with Crippen LogP contribution in [0.3, 0.4) is 0 Å². The van der Waals surface area contributed by atoms with Crippen LogP contribution in [0.2, 0.25) is 0 Å². The second kappa shape index (κ2) is 9.36. The van der Waals surface area contributed by atoms with Gasteiger partial charge in [-0.15, -0.1) is 0 Å². The Hall–Kier alpha value is -2.77. The molecule has 0 saturated heterocycles. The van der Waals surface area contributed by atoms with Crippen LogP contribution < -0.4 is 5.32 Å². The average Bonchev–Trinajstić information content (AvgIpc) is 3.69. The second-order valence-corrected chi connectivity index (χ2v) is 15.7. The van der Waals surface area contributed by atoms with Crippen molar-refractivity contribution in [1.29, 1.82) is 10.5 Å². The lowest BCUT2D eigenvalue weighted by molar-refractivity contribution is -0.209. The van der Waals surface area contributed by atoms with E-state index >= 15 is 0 Å². The molecule has 7 heteroatoms. The van der Waals surface area contributed by atoms with Gasteiger partial charge in [-0.1, -0.05) is 46.3 Å². The van der Waals surface area contributed by atoms with Gasteiger partial charge in [-0.25, -0.2) is 0 Å². The van der Waals surface area contributed by atoms with Crippen molar-refractivity contribution in [2.24, 2.45) is 49.8 Å². The lowest BCUT2D eigenvalue weighted by atomic mass is 9.35. The van der Waals surface area contributed by atoms with Gasteiger partial charge >= 0.3 is 0 Å². The summed E-state index contributed by atoms with van der Waals surface area (Å²) in [5.74, 6) is 0.846. The summed E-state index contributed by atoms with van der Waals surface area (Å²) in [4.78, 5) is 32.3. The molecule has 0 bridgehead atoms. The summed E-state index contributed by atoms with van der Waals surface area (Å²) >= 11 is 0. The maximum absolute atomic E-state index is 14.6. The highest BCUT2D eigenvalue weighted by Gasteiger charge is 2.71. The molecule has 4 fully saturated rings. The number of nitrogens with one attached hydrogen (secondary N) is 1. The van der Waals surface area contributed by atoms with Crippen molar-refractivity contribution in [3.63, 3.8) is 0 Å². The summed E-state index contributed by atoms with van der Waals surface area (Å²) in [7, 11) is 0.